The molecule has 5 heteroatoms. The number of carbonyl (C=O) groups is 1. The van der Waals surface area contributed by atoms with Gasteiger partial charge in [0.05, 0.1) is 16.8 Å². The molecule has 1 aromatic carbocycles. The second kappa shape index (κ2) is 6.52. The van der Waals surface area contributed by atoms with Gasteiger partial charge in [-0.25, -0.2) is 9.78 Å². The van der Waals surface area contributed by atoms with Gasteiger partial charge in [-0.1, -0.05) is 25.5 Å². The van der Waals surface area contributed by atoms with Crippen LogP contribution in [0.3, 0.4) is 0 Å². The summed E-state index contributed by atoms with van der Waals surface area (Å²) in [5, 5.41) is 3.87. The van der Waals surface area contributed by atoms with E-state index in [9.17, 15) is 4.79 Å². The number of urea groups is 1. The normalized spacial score (nSPS) is 10.6. The van der Waals surface area contributed by atoms with Crippen molar-refractivity contribution >= 4 is 27.6 Å². The van der Waals surface area contributed by atoms with Crippen LogP contribution in [0.4, 0.5) is 4.79 Å². The molecule has 1 heterocycles. The quantitative estimate of drug-likeness (QED) is 0.853. The molecule has 0 unspecified atom stereocenters. The first-order valence-corrected chi connectivity index (χ1v) is 7.35. The van der Waals surface area contributed by atoms with E-state index in [1.54, 1.807) is 23.3 Å². The van der Waals surface area contributed by atoms with E-state index >= 15 is 0 Å². The molecule has 102 valence electrons. The zero-order chi connectivity index (χ0) is 13.7. The Morgan fingerprint density at radius 3 is 2.95 bits per heavy atom. The van der Waals surface area contributed by atoms with Gasteiger partial charge in [0.2, 0.25) is 0 Å². The highest BCUT2D eigenvalue weighted by molar-refractivity contribution is 7.18. The molecule has 0 aliphatic carbocycles. The summed E-state index contributed by atoms with van der Waals surface area (Å²) < 4.78 is 1.16. The Balaban J connectivity index is 1.94. The zero-order valence-electron chi connectivity index (χ0n) is 11.3. The van der Waals surface area contributed by atoms with E-state index in [-0.39, 0.29) is 6.03 Å². The standard InChI is InChI=1S/C14H19N3OS/c1-3-4-9-15-14(18)17(2)10-13-16-11-7-5-6-8-12(11)19-13/h5-8H,3-4,9-10H2,1-2H3,(H,15,18). The number of rotatable bonds is 5. The van der Waals surface area contributed by atoms with Gasteiger partial charge in [0.1, 0.15) is 5.01 Å². The first-order valence-electron chi connectivity index (χ1n) is 6.54. The summed E-state index contributed by atoms with van der Waals surface area (Å²) in [6.07, 6.45) is 2.10. The summed E-state index contributed by atoms with van der Waals surface area (Å²) in [5.41, 5.74) is 1.00. The number of hydrogen-bond donors (Lipinski definition) is 1. The van der Waals surface area contributed by atoms with Gasteiger partial charge in [0, 0.05) is 13.6 Å². The van der Waals surface area contributed by atoms with Gasteiger partial charge < -0.3 is 10.2 Å². The minimum atomic E-state index is -0.0345. The molecule has 0 radical (unpaired) electrons. The highest BCUT2D eigenvalue weighted by Gasteiger charge is 2.11. The molecule has 0 bridgehead atoms. The van der Waals surface area contributed by atoms with Crippen molar-refractivity contribution in [2.45, 2.75) is 26.3 Å². The van der Waals surface area contributed by atoms with E-state index in [0.717, 1.165) is 34.6 Å². The van der Waals surface area contributed by atoms with Crippen LogP contribution in [0.5, 0.6) is 0 Å². The van der Waals surface area contributed by atoms with Crippen molar-refractivity contribution < 1.29 is 4.79 Å². The fourth-order valence-corrected chi connectivity index (χ4v) is 2.79. The van der Waals surface area contributed by atoms with Crippen LogP contribution in [0.15, 0.2) is 24.3 Å². The summed E-state index contributed by atoms with van der Waals surface area (Å²) in [7, 11) is 1.80. The minimum absolute atomic E-state index is 0.0345. The van der Waals surface area contributed by atoms with E-state index in [1.165, 1.54) is 0 Å². The number of aromatic nitrogens is 1. The number of para-hydroxylation sites is 1. The molecule has 4 nitrogen and oxygen atoms in total. The Morgan fingerprint density at radius 2 is 2.21 bits per heavy atom. The number of nitrogens with zero attached hydrogens (tertiary/aromatic N) is 2. The number of unbranched alkanes of at least 4 members (excludes halogenated alkanes) is 1. The van der Waals surface area contributed by atoms with Crippen molar-refractivity contribution in [1.82, 2.24) is 15.2 Å². The van der Waals surface area contributed by atoms with Gasteiger partial charge in [-0.05, 0) is 18.6 Å². The molecule has 0 aliphatic heterocycles. The molecule has 2 amide bonds. The Labute approximate surface area is 117 Å². The van der Waals surface area contributed by atoms with Gasteiger partial charge in [-0.3, -0.25) is 0 Å². The van der Waals surface area contributed by atoms with Crippen LogP contribution in [0.25, 0.3) is 10.2 Å². The summed E-state index contributed by atoms with van der Waals surface area (Å²) >= 11 is 1.64. The molecule has 0 saturated carbocycles. The lowest BCUT2D eigenvalue weighted by molar-refractivity contribution is 0.206. The van der Waals surface area contributed by atoms with Crippen molar-refractivity contribution in [3.05, 3.63) is 29.3 Å². The average molecular weight is 277 g/mol. The number of carbonyl (C=O) groups excluding carboxylic acids is 1. The van der Waals surface area contributed by atoms with Gasteiger partial charge in [-0.2, -0.15) is 0 Å². The number of thiazole rings is 1. The van der Waals surface area contributed by atoms with Crippen molar-refractivity contribution in [2.75, 3.05) is 13.6 Å². The molecule has 0 saturated heterocycles. The smallest absolute Gasteiger partial charge is 0.317 e. The van der Waals surface area contributed by atoms with Gasteiger partial charge in [0.15, 0.2) is 0 Å². The lowest BCUT2D eigenvalue weighted by atomic mass is 10.3. The third kappa shape index (κ3) is 3.67. The number of nitrogens with one attached hydrogen (secondary N) is 1. The number of amides is 2. The maximum atomic E-state index is 11.8. The highest BCUT2D eigenvalue weighted by Crippen LogP contribution is 2.22. The molecule has 2 rings (SSSR count). The first-order chi connectivity index (χ1) is 9.20. The van der Waals surface area contributed by atoms with E-state index < -0.39 is 0 Å². The third-order valence-electron chi connectivity index (χ3n) is 2.86. The van der Waals surface area contributed by atoms with E-state index in [2.05, 4.69) is 23.3 Å². The SMILES string of the molecule is CCCCNC(=O)N(C)Cc1nc2ccccc2s1. The van der Waals surface area contributed by atoms with Gasteiger partial charge in [-0.15, -0.1) is 11.3 Å². The number of hydrogen-bond acceptors (Lipinski definition) is 3. The molecule has 0 fully saturated rings. The molecular weight excluding hydrogens is 258 g/mol. The van der Waals surface area contributed by atoms with E-state index in [4.69, 9.17) is 0 Å². The lowest BCUT2D eigenvalue weighted by Gasteiger charge is -2.16. The second-order valence-corrected chi connectivity index (χ2v) is 5.63. The van der Waals surface area contributed by atoms with Crippen LogP contribution >= 0.6 is 11.3 Å². The fraction of sp³-hybridized carbons (Fsp3) is 0.429. The van der Waals surface area contributed by atoms with Crippen molar-refractivity contribution in [3.63, 3.8) is 0 Å². The summed E-state index contributed by atoms with van der Waals surface area (Å²) in [5.74, 6) is 0. The molecule has 1 N–H and O–H groups in total. The predicted octanol–water partition coefficient (Wildman–Crippen LogP) is 3.24. The largest absolute Gasteiger partial charge is 0.338 e. The molecule has 2 aromatic rings. The summed E-state index contributed by atoms with van der Waals surface area (Å²) in [6, 6.07) is 8.00. The molecular formula is C14H19N3OS. The minimum Gasteiger partial charge on any atom is -0.338 e. The molecule has 0 spiro atoms. The maximum Gasteiger partial charge on any atom is 0.317 e. The molecule has 0 aliphatic rings. The Bertz CT molecular complexity index is 519. The maximum absolute atomic E-state index is 11.8. The monoisotopic (exact) mass is 277 g/mol. The van der Waals surface area contributed by atoms with Crippen LogP contribution < -0.4 is 5.32 Å². The summed E-state index contributed by atoms with van der Waals surface area (Å²) in [4.78, 5) is 18.0. The molecule has 19 heavy (non-hydrogen) atoms. The van der Waals surface area contributed by atoms with Crippen LogP contribution in [0.2, 0.25) is 0 Å². The average Bonchev–Trinajstić information content (AvgIpc) is 2.80. The van der Waals surface area contributed by atoms with Crippen LogP contribution in [-0.4, -0.2) is 29.5 Å². The van der Waals surface area contributed by atoms with Gasteiger partial charge >= 0.3 is 6.03 Å². The topological polar surface area (TPSA) is 45.2 Å². The Hall–Kier alpha value is -1.62. The highest BCUT2D eigenvalue weighted by atomic mass is 32.1. The predicted molar refractivity (Wildman–Crippen MR) is 79.4 cm³/mol. The Morgan fingerprint density at radius 1 is 1.42 bits per heavy atom. The zero-order valence-corrected chi connectivity index (χ0v) is 12.2. The van der Waals surface area contributed by atoms with Crippen molar-refractivity contribution in [2.24, 2.45) is 0 Å². The Kier molecular flexibility index (Phi) is 4.74. The fourth-order valence-electron chi connectivity index (χ4n) is 1.77. The second-order valence-electron chi connectivity index (χ2n) is 4.52. The van der Waals surface area contributed by atoms with Crippen molar-refractivity contribution in [3.8, 4) is 0 Å². The van der Waals surface area contributed by atoms with E-state index in [1.807, 2.05) is 18.2 Å². The third-order valence-corrected chi connectivity index (χ3v) is 3.89. The number of benzene rings is 1. The number of fused-ring (bicyclic) bond motifs is 1. The molecule has 0 atom stereocenters. The molecule has 1 aromatic heterocycles. The van der Waals surface area contributed by atoms with Crippen LogP contribution in [-0.2, 0) is 6.54 Å². The van der Waals surface area contributed by atoms with Crippen LogP contribution in [0, 0.1) is 0 Å². The summed E-state index contributed by atoms with van der Waals surface area (Å²) in [6.45, 7) is 3.40. The van der Waals surface area contributed by atoms with Gasteiger partial charge in [0.25, 0.3) is 0 Å². The lowest BCUT2D eigenvalue weighted by Crippen LogP contribution is -2.37. The first kappa shape index (κ1) is 13.8. The van der Waals surface area contributed by atoms with Crippen LogP contribution in [0.1, 0.15) is 24.8 Å². The van der Waals surface area contributed by atoms with E-state index in [0.29, 0.717) is 6.54 Å². The van der Waals surface area contributed by atoms with Crippen molar-refractivity contribution in [1.29, 1.82) is 0 Å².